The molecule has 12 aromatic rings. The number of hydrogen-bond donors (Lipinski definition) is 0. The lowest BCUT2D eigenvalue weighted by Crippen LogP contribution is -1.97. The minimum atomic E-state index is 0.674. The molecule has 0 saturated heterocycles. The average Bonchev–Trinajstić information content (AvgIpc) is 3.43. The number of nitrogens with zero attached hydrogens (tertiary/aromatic N) is 4. The van der Waals surface area contributed by atoms with Gasteiger partial charge in [0.05, 0.1) is 22.8 Å². The Bertz CT molecular complexity index is 3470. The molecule has 4 heteroatoms. The Morgan fingerprint density at radius 1 is 0.191 bits per heavy atom. The van der Waals surface area contributed by atoms with E-state index in [1.807, 2.05) is 12.1 Å². The average molecular weight is 867 g/mol. The summed E-state index contributed by atoms with van der Waals surface area (Å²) in [6, 6.07) is 89.3. The summed E-state index contributed by atoms with van der Waals surface area (Å²) in [5.41, 5.74) is 16.5. The lowest BCUT2D eigenvalue weighted by molar-refractivity contribution is 1.18. The Morgan fingerprint density at radius 3 is 0.853 bits per heavy atom. The van der Waals surface area contributed by atoms with Gasteiger partial charge in [0, 0.05) is 33.4 Å². The fraction of sp³-hybridized carbons (Fsp3) is 0. The first kappa shape index (κ1) is 40.4. The van der Waals surface area contributed by atoms with Gasteiger partial charge in [-0.2, -0.15) is 0 Å². The van der Waals surface area contributed by atoms with E-state index in [0.29, 0.717) is 11.6 Å². The van der Waals surface area contributed by atoms with Gasteiger partial charge in [-0.1, -0.05) is 243 Å². The molecule has 0 atom stereocenters. The fourth-order valence-corrected chi connectivity index (χ4v) is 9.17. The molecule has 0 saturated carbocycles. The number of rotatable bonds is 9. The van der Waals surface area contributed by atoms with E-state index in [0.717, 1.165) is 78.1 Å². The van der Waals surface area contributed by atoms with Crippen LogP contribution < -0.4 is 0 Å². The second-order valence-electron chi connectivity index (χ2n) is 17.0. The third-order valence-electron chi connectivity index (χ3n) is 12.8. The highest BCUT2D eigenvalue weighted by Crippen LogP contribution is 2.36. The maximum absolute atomic E-state index is 5.23. The lowest BCUT2D eigenvalue weighted by Gasteiger charge is -2.13. The zero-order valence-corrected chi connectivity index (χ0v) is 37.0. The van der Waals surface area contributed by atoms with Crippen molar-refractivity contribution in [1.82, 2.24) is 19.9 Å². The number of hydrogen-bond acceptors (Lipinski definition) is 4. The molecule has 0 amide bonds. The van der Waals surface area contributed by atoms with Crippen molar-refractivity contribution < 1.29 is 0 Å². The first-order valence-corrected chi connectivity index (χ1v) is 22.9. The van der Waals surface area contributed by atoms with Crippen molar-refractivity contribution >= 4 is 21.5 Å². The zero-order chi connectivity index (χ0) is 45.2. The van der Waals surface area contributed by atoms with Crippen molar-refractivity contribution in [3.63, 3.8) is 0 Å². The highest BCUT2D eigenvalue weighted by Gasteiger charge is 2.16. The van der Waals surface area contributed by atoms with Gasteiger partial charge in [0.15, 0.2) is 11.6 Å². The second-order valence-corrected chi connectivity index (χ2v) is 17.0. The van der Waals surface area contributed by atoms with Crippen LogP contribution in [0.15, 0.2) is 255 Å². The molecule has 0 spiro atoms. The number of aromatic nitrogens is 4. The second kappa shape index (κ2) is 17.7. The Kier molecular flexibility index (Phi) is 10.5. The normalized spacial score (nSPS) is 11.2. The van der Waals surface area contributed by atoms with Gasteiger partial charge in [0.2, 0.25) is 0 Å². The molecule has 2 aromatic heterocycles. The van der Waals surface area contributed by atoms with Crippen molar-refractivity contribution in [2.45, 2.75) is 0 Å². The molecular weight excluding hydrogens is 825 g/mol. The minimum Gasteiger partial charge on any atom is -0.228 e. The largest absolute Gasteiger partial charge is 0.228 e. The standard InChI is InChI=1S/C64H42N4/c1-3-13-43(14-4-1)45-25-33-51(34-26-45)59-41-61(57-23-11-19-49-17-7-9-21-55(49)57)67-63(65-59)53-37-29-47(30-38-53)48-31-39-54(40-32-48)64-66-60(52-35-27-46(28-36-52)44-15-5-2-6-16-44)42-62(68-64)58-24-12-20-50-18-8-10-22-56(50)58/h1-42H. The third kappa shape index (κ3) is 8.01. The zero-order valence-electron chi connectivity index (χ0n) is 37.0. The van der Waals surface area contributed by atoms with E-state index in [1.54, 1.807) is 0 Å². The Hall–Kier alpha value is -9.12. The molecule has 0 fully saturated rings. The SMILES string of the molecule is c1ccc(-c2ccc(-c3cc(-c4cccc5ccccc45)nc(-c4ccc(-c5ccc(-c6nc(-c7ccc(-c8ccccc8)cc7)cc(-c7cccc8ccccc78)n6)cc5)cc4)n3)cc2)cc1. The van der Waals surface area contributed by atoms with Crippen LogP contribution in [-0.2, 0) is 0 Å². The first-order valence-electron chi connectivity index (χ1n) is 22.9. The predicted octanol–water partition coefficient (Wildman–Crippen LogP) is 16.6. The van der Waals surface area contributed by atoms with Crippen LogP contribution in [0.3, 0.4) is 0 Å². The van der Waals surface area contributed by atoms with Gasteiger partial charge in [-0.3, -0.25) is 0 Å². The van der Waals surface area contributed by atoms with Gasteiger partial charge in [-0.15, -0.1) is 0 Å². The van der Waals surface area contributed by atoms with Gasteiger partial charge in [-0.05, 0) is 67.1 Å². The maximum atomic E-state index is 5.23. The topological polar surface area (TPSA) is 51.6 Å². The van der Waals surface area contributed by atoms with Crippen LogP contribution in [0.4, 0.5) is 0 Å². The van der Waals surface area contributed by atoms with Gasteiger partial charge < -0.3 is 0 Å². The van der Waals surface area contributed by atoms with Crippen molar-refractivity contribution in [1.29, 1.82) is 0 Å². The monoisotopic (exact) mass is 866 g/mol. The third-order valence-corrected chi connectivity index (χ3v) is 12.8. The molecule has 0 unspecified atom stereocenters. The van der Waals surface area contributed by atoms with Crippen LogP contribution in [0, 0.1) is 0 Å². The Morgan fingerprint density at radius 2 is 0.471 bits per heavy atom. The summed E-state index contributed by atoms with van der Waals surface area (Å²) in [6.45, 7) is 0. The van der Waals surface area contributed by atoms with Crippen LogP contribution in [0.2, 0.25) is 0 Å². The van der Waals surface area contributed by atoms with Crippen LogP contribution in [-0.4, -0.2) is 19.9 Å². The van der Waals surface area contributed by atoms with Crippen LogP contribution in [0.25, 0.3) is 123 Å². The van der Waals surface area contributed by atoms with Crippen LogP contribution in [0.5, 0.6) is 0 Å². The lowest BCUT2D eigenvalue weighted by atomic mass is 9.98. The minimum absolute atomic E-state index is 0.674. The van der Waals surface area contributed by atoms with E-state index in [2.05, 4.69) is 243 Å². The Balaban J connectivity index is 0.884. The van der Waals surface area contributed by atoms with E-state index in [4.69, 9.17) is 19.9 Å². The van der Waals surface area contributed by atoms with Gasteiger partial charge >= 0.3 is 0 Å². The fourth-order valence-electron chi connectivity index (χ4n) is 9.17. The van der Waals surface area contributed by atoms with E-state index >= 15 is 0 Å². The summed E-state index contributed by atoms with van der Waals surface area (Å²) in [5, 5.41) is 4.66. The number of fused-ring (bicyclic) bond motifs is 2. The molecule has 10 aromatic carbocycles. The summed E-state index contributed by atoms with van der Waals surface area (Å²) in [4.78, 5) is 20.9. The maximum Gasteiger partial charge on any atom is 0.160 e. The molecule has 0 aliphatic carbocycles. The summed E-state index contributed by atoms with van der Waals surface area (Å²) >= 11 is 0. The van der Waals surface area contributed by atoms with Crippen molar-refractivity contribution in [2.75, 3.05) is 0 Å². The van der Waals surface area contributed by atoms with Crippen LogP contribution >= 0.6 is 0 Å². The predicted molar refractivity (Wildman–Crippen MR) is 282 cm³/mol. The van der Waals surface area contributed by atoms with Gasteiger partial charge in [0.1, 0.15) is 0 Å². The molecule has 0 aliphatic rings. The molecular formula is C64H42N4. The molecule has 68 heavy (non-hydrogen) atoms. The van der Waals surface area contributed by atoms with Gasteiger partial charge in [-0.25, -0.2) is 19.9 Å². The highest BCUT2D eigenvalue weighted by molar-refractivity contribution is 5.98. The van der Waals surface area contributed by atoms with E-state index < -0.39 is 0 Å². The molecule has 12 rings (SSSR count). The molecule has 2 heterocycles. The molecule has 318 valence electrons. The molecule has 0 bridgehead atoms. The van der Waals surface area contributed by atoms with E-state index in [1.165, 1.54) is 33.0 Å². The summed E-state index contributed by atoms with van der Waals surface area (Å²) < 4.78 is 0. The molecule has 4 nitrogen and oxygen atoms in total. The van der Waals surface area contributed by atoms with Crippen molar-refractivity contribution in [2.24, 2.45) is 0 Å². The number of benzene rings is 10. The summed E-state index contributed by atoms with van der Waals surface area (Å²) in [6.07, 6.45) is 0. The molecule has 0 N–H and O–H groups in total. The smallest absolute Gasteiger partial charge is 0.160 e. The molecule has 0 aliphatic heterocycles. The highest BCUT2D eigenvalue weighted by atomic mass is 14.9. The molecule has 0 radical (unpaired) electrons. The van der Waals surface area contributed by atoms with Gasteiger partial charge in [0.25, 0.3) is 0 Å². The van der Waals surface area contributed by atoms with E-state index in [-0.39, 0.29) is 0 Å². The summed E-state index contributed by atoms with van der Waals surface area (Å²) in [5.74, 6) is 1.35. The Labute approximate surface area is 395 Å². The van der Waals surface area contributed by atoms with Crippen molar-refractivity contribution in [3.05, 3.63) is 255 Å². The van der Waals surface area contributed by atoms with Crippen molar-refractivity contribution in [3.8, 4) is 101 Å². The quantitative estimate of drug-likeness (QED) is 0.145. The van der Waals surface area contributed by atoms with E-state index in [9.17, 15) is 0 Å². The summed E-state index contributed by atoms with van der Waals surface area (Å²) in [7, 11) is 0. The van der Waals surface area contributed by atoms with Crippen LogP contribution in [0.1, 0.15) is 0 Å². The first-order chi connectivity index (χ1) is 33.7.